The lowest BCUT2D eigenvalue weighted by Gasteiger charge is -2.40. The van der Waals surface area contributed by atoms with Crippen LogP contribution in [0.3, 0.4) is 0 Å². The number of carbonyl (C=O) groups is 2. The molecule has 4 rings (SSSR count). The number of fused-ring (bicyclic) bond motifs is 1. The zero-order valence-corrected chi connectivity index (χ0v) is 19.6. The number of hydrogen-bond donors (Lipinski definition) is 0. The molecule has 32 heavy (non-hydrogen) atoms. The highest BCUT2D eigenvalue weighted by atomic mass is 32.1. The van der Waals surface area contributed by atoms with E-state index in [1.165, 1.54) is 4.90 Å². The molecule has 170 valence electrons. The Bertz CT molecular complexity index is 1050. The SMILES string of the molecule is CC(C)(C)OC(=O)N1CCC[C@@]1(COc1cccc2sccc12)C(=O)N1CCC[C@H]1C#N. The Morgan fingerprint density at radius 1 is 1.25 bits per heavy atom. The van der Waals surface area contributed by atoms with Crippen LogP contribution in [0.4, 0.5) is 4.79 Å². The largest absolute Gasteiger partial charge is 0.490 e. The molecule has 0 unspecified atom stereocenters. The molecule has 0 saturated carbocycles. The lowest BCUT2D eigenvalue weighted by atomic mass is 9.94. The zero-order valence-electron chi connectivity index (χ0n) is 18.8. The van der Waals surface area contributed by atoms with Crippen molar-refractivity contribution in [2.75, 3.05) is 19.7 Å². The smallest absolute Gasteiger partial charge is 0.411 e. The first-order valence-corrected chi connectivity index (χ1v) is 11.9. The van der Waals surface area contributed by atoms with Gasteiger partial charge in [-0.1, -0.05) is 6.07 Å². The molecule has 2 atom stereocenters. The summed E-state index contributed by atoms with van der Waals surface area (Å²) in [5.41, 5.74) is -1.87. The molecule has 0 radical (unpaired) electrons. The molecule has 7 nitrogen and oxygen atoms in total. The van der Waals surface area contributed by atoms with E-state index in [0.29, 0.717) is 38.1 Å². The first kappa shape index (κ1) is 22.4. The molecule has 1 aromatic carbocycles. The molecule has 2 aliphatic rings. The van der Waals surface area contributed by atoms with Gasteiger partial charge in [-0.25, -0.2) is 4.79 Å². The minimum Gasteiger partial charge on any atom is -0.490 e. The number of nitrogens with zero attached hydrogens (tertiary/aromatic N) is 3. The number of nitriles is 1. The molecule has 0 N–H and O–H groups in total. The van der Waals surface area contributed by atoms with Gasteiger partial charge in [-0.15, -0.1) is 11.3 Å². The molecular weight excluding hydrogens is 426 g/mol. The first-order valence-electron chi connectivity index (χ1n) is 11.1. The Morgan fingerprint density at radius 2 is 2.06 bits per heavy atom. The summed E-state index contributed by atoms with van der Waals surface area (Å²) in [7, 11) is 0. The molecule has 0 bridgehead atoms. The quantitative estimate of drug-likeness (QED) is 0.675. The van der Waals surface area contributed by atoms with Crippen molar-refractivity contribution in [3.63, 3.8) is 0 Å². The van der Waals surface area contributed by atoms with E-state index in [9.17, 15) is 14.9 Å². The molecule has 0 aliphatic carbocycles. The zero-order chi connectivity index (χ0) is 22.9. The second-order valence-corrected chi connectivity index (χ2v) is 10.4. The van der Waals surface area contributed by atoms with E-state index < -0.39 is 23.3 Å². The lowest BCUT2D eigenvalue weighted by Crippen LogP contribution is -2.62. The highest BCUT2D eigenvalue weighted by molar-refractivity contribution is 7.17. The third-order valence-corrected chi connectivity index (χ3v) is 6.97. The molecule has 3 heterocycles. The standard InChI is InChI=1S/C24H29N3O4S/c1-23(2,3)31-22(29)27-13-6-11-24(27,21(28)26-12-5-7-17(26)15-25)16-30-19-8-4-9-20-18(19)10-14-32-20/h4,8-10,14,17H,5-7,11-13,16H2,1-3H3/t17-,24+/m0/s1. The van der Waals surface area contributed by atoms with Crippen molar-refractivity contribution in [2.45, 2.75) is 63.6 Å². The van der Waals surface area contributed by atoms with Gasteiger partial charge in [0.05, 0.1) is 6.07 Å². The van der Waals surface area contributed by atoms with Gasteiger partial charge in [0.1, 0.15) is 24.0 Å². The Labute approximate surface area is 192 Å². The van der Waals surface area contributed by atoms with Crippen LogP contribution in [0.15, 0.2) is 29.6 Å². The third-order valence-electron chi connectivity index (χ3n) is 6.09. The van der Waals surface area contributed by atoms with Crippen molar-refractivity contribution in [1.29, 1.82) is 5.26 Å². The Hall–Kier alpha value is -2.79. The molecule has 2 aliphatic heterocycles. The average Bonchev–Trinajstić information content (AvgIpc) is 3.49. The van der Waals surface area contributed by atoms with E-state index >= 15 is 0 Å². The topological polar surface area (TPSA) is 82.9 Å². The predicted molar refractivity (Wildman–Crippen MR) is 123 cm³/mol. The van der Waals surface area contributed by atoms with Gasteiger partial charge in [-0.2, -0.15) is 5.26 Å². The maximum absolute atomic E-state index is 13.9. The van der Waals surface area contributed by atoms with Crippen molar-refractivity contribution in [1.82, 2.24) is 9.80 Å². The van der Waals surface area contributed by atoms with E-state index in [1.54, 1.807) is 16.2 Å². The molecule has 8 heteroatoms. The average molecular weight is 456 g/mol. The van der Waals surface area contributed by atoms with Gasteiger partial charge in [-0.3, -0.25) is 9.69 Å². The fraction of sp³-hybridized carbons (Fsp3) is 0.542. The Balaban J connectivity index is 1.67. The summed E-state index contributed by atoms with van der Waals surface area (Å²) < 4.78 is 13.0. The van der Waals surface area contributed by atoms with Crippen molar-refractivity contribution in [2.24, 2.45) is 0 Å². The number of amides is 2. The van der Waals surface area contributed by atoms with Crippen molar-refractivity contribution in [3.8, 4) is 11.8 Å². The van der Waals surface area contributed by atoms with Crippen LogP contribution in [0, 0.1) is 11.3 Å². The second-order valence-electron chi connectivity index (χ2n) is 9.43. The number of carbonyl (C=O) groups excluding carboxylic acids is 2. The van der Waals surface area contributed by atoms with E-state index in [0.717, 1.165) is 16.5 Å². The summed E-state index contributed by atoms with van der Waals surface area (Å²) in [4.78, 5) is 30.2. The number of hydrogen-bond acceptors (Lipinski definition) is 6. The van der Waals surface area contributed by atoms with E-state index in [2.05, 4.69) is 6.07 Å². The van der Waals surface area contributed by atoms with Gasteiger partial charge in [0.25, 0.3) is 5.91 Å². The van der Waals surface area contributed by atoms with Gasteiger partial charge < -0.3 is 14.4 Å². The molecule has 0 spiro atoms. The fourth-order valence-electron chi connectivity index (χ4n) is 4.60. The summed E-state index contributed by atoms with van der Waals surface area (Å²) in [5, 5.41) is 12.6. The molecule has 2 fully saturated rings. The Kier molecular flexibility index (Phi) is 6.04. The summed E-state index contributed by atoms with van der Waals surface area (Å²) in [6, 6.07) is 9.60. The number of thiophene rings is 1. The van der Waals surface area contributed by atoms with Crippen molar-refractivity contribution < 1.29 is 19.1 Å². The fourth-order valence-corrected chi connectivity index (χ4v) is 5.40. The molecule has 2 amide bonds. The van der Waals surface area contributed by atoms with Crippen LogP contribution >= 0.6 is 11.3 Å². The normalized spacial score (nSPS) is 23.4. The van der Waals surface area contributed by atoms with Crippen LogP contribution in [-0.4, -0.2) is 58.7 Å². The van der Waals surface area contributed by atoms with Gasteiger partial charge in [0.2, 0.25) is 0 Å². The van der Waals surface area contributed by atoms with Crippen molar-refractivity contribution in [3.05, 3.63) is 29.6 Å². The highest BCUT2D eigenvalue weighted by Gasteiger charge is 2.54. The molecule has 1 aromatic heterocycles. The van der Waals surface area contributed by atoms with Gasteiger partial charge in [0.15, 0.2) is 5.54 Å². The van der Waals surface area contributed by atoms with Gasteiger partial charge in [-0.05, 0) is 70.0 Å². The van der Waals surface area contributed by atoms with E-state index in [1.807, 2.05) is 50.4 Å². The monoisotopic (exact) mass is 455 g/mol. The first-order chi connectivity index (χ1) is 15.2. The maximum atomic E-state index is 13.9. The van der Waals surface area contributed by atoms with Gasteiger partial charge in [0, 0.05) is 23.2 Å². The lowest BCUT2D eigenvalue weighted by molar-refractivity contribution is -0.144. The molecular formula is C24H29N3O4S. The minimum atomic E-state index is -1.19. The van der Waals surface area contributed by atoms with Crippen LogP contribution in [0.2, 0.25) is 0 Å². The van der Waals surface area contributed by atoms with Crippen LogP contribution in [-0.2, 0) is 9.53 Å². The Morgan fingerprint density at radius 3 is 2.81 bits per heavy atom. The second kappa shape index (κ2) is 8.62. The number of rotatable bonds is 4. The van der Waals surface area contributed by atoms with E-state index in [4.69, 9.17) is 9.47 Å². The summed E-state index contributed by atoms with van der Waals surface area (Å²) in [6.07, 6.45) is 2.05. The highest BCUT2D eigenvalue weighted by Crippen LogP contribution is 2.37. The molecule has 2 aromatic rings. The van der Waals surface area contributed by atoms with E-state index in [-0.39, 0.29) is 12.5 Å². The van der Waals surface area contributed by atoms with Crippen LogP contribution in [0.5, 0.6) is 5.75 Å². The third kappa shape index (κ3) is 4.14. The van der Waals surface area contributed by atoms with Crippen molar-refractivity contribution >= 4 is 33.4 Å². The summed E-state index contributed by atoms with van der Waals surface area (Å²) >= 11 is 1.62. The summed E-state index contributed by atoms with van der Waals surface area (Å²) in [6.45, 7) is 6.38. The van der Waals surface area contributed by atoms with Crippen LogP contribution in [0.1, 0.15) is 46.5 Å². The minimum absolute atomic E-state index is 0.0225. The van der Waals surface area contributed by atoms with Crippen LogP contribution in [0.25, 0.3) is 10.1 Å². The van der Waals surface area contributed by atoms with Crippen LogP contribution < -0.4 is 4.74 Å². The number of ether oxygens (including phenoxy) is 2. The van der Waals surface area contributed by atoms with Gasteiger partial charge >= 0.3 is 6.09 Å². The number of likely N-dealkylation sites (tertiary alicyclic amines) is 2. The molecule has 2 saturated heterocycles. The number of benzene rings is 1. The maximum Gasteiger partial charge on any atom is 0.411 e. The predicted octanol–water partition coefficient (Wildman–Crippen LogP) is 4.56. The summed E-state index contributed by atoms with van der Waals surface area (Å²) in [5.74, 6) is 0.465.